The molecule has 2 aliphatic rings. The zero-order valence-electron chi connectivity index (χ0n) is 18.0. The molecule has 0 unspecified atom stereocenters. The van der Waals surface area contributed by atoms with Gasteiger partial charge in [0.25, 0.3) is 0 Å². The van der Waals surface area contributed by atoms with Gasteiger partial charge in [0.2, 0.25) is 0 Å². The Morgan fingerprint density at radius 2 is 1.62 bits per heavy atom. The predicted octanol–water partition coefficient (Wildman–Crippen LogP) is 8.56. The van der Waals surface area contributed by atoms with Crippen LogP contribution >= 0.6 is 23.4 Å². The Hall–Kier alpha value is -2.88. The van der Waals surface area contributed by atoms with Crippen LogP contribution in [0.5, 0.6) is 0 Å². The van der Waals surface area contributed by atoms with Gasteiger partial charge in [-0.2, -0.15) is 0 Å². The van der Waals surface area contributed by atoms with Crippen LogP contribution in [0, 0.1) is 0 Å². The van der Waals surface area contributed by atoms with E-state index in [2.05, 4.69) is 108 Å². The third kappa shape index (κ3) is 4.11. The Bertz CT molecular complexity index is 1160. The summed E-state index contributed by atoms with van der Waals surface area (Å²) in [5.41, 5.74) is 6.18. The van der Waals surface area contributed by atoms with Gasteiger partial charge in [0.15, 0.2) is 0 Å². The molecule has 3 aromatic rings. The lowest BCUT2D eigenvalue weighted by atomic mass is 10.1. The van der Waals surface area contributed by atoms with Gasteiger partial charge in [-0.1, -0.05) is 71.9 Å². The lowest BCUT2D eigenvalue weighted by molar-refractivity contribution is 1.00. The van der Waals surface area contributed by atoms with Crippen LogP contribution < -0.4 is 9.80 Å². The summed E-state index contributed by atoms with van der Waals surface area (Å²) in [6, 6.07) is 27.4. The molecule has 0 aromatic heterocycles. The molecule has 1 heterocycles. The van der Waals surface area contributed by atoms with Crippen LogP contribution in [0.2, 0.25) is 5.02 Å². The molecule has 160 valence electrons. The maximum Gasteiger partial charge on any atom is 0.0801 e. The minimum atomic E-state index is 0.782. The number of benzene rings is 3. The summed E-state index contributed by atoms with van der Waals surface area (Å²) in [6.07, 6.45) is 9.03. The summed E-state index contributed by atoms with van der Waals surface area (Å²) in [5.74, 6) is 0. The Balaban J connectivity index is 1.50. The summed E-state index contributed by atoms with van der Waals surface area (Å²) in [7, 11) is 0. The number of thioether (sulfide) groups is 1. The molecule has 0 atom stereocenters. The molecular formula is C28H25ClN2S. The molecule has 0 saturated heterocycles. The van der Waals surface area contributed by atoms with Crippen LogP contribution in [0.15, 0.2) is 118 Å². The molecule has 0 bridgehead atoms. The van der Waals surface area contributed by atoms with Gasteiger partial charge in [-0.3, -0.25) is 0 Å². The van der Waals surface area contributed by atoms with Crippen molar-refractivity contribution in [2.24, 2.45) is 0 Å². The fraction of sp³-hybridized carbons (Fsp3) is 0.143. The number of para-hydroxylation sites is 2. The predicted molar refractivity (Wildman–Crippen MR) is 139 cm³/mol. The van der Waals surface area contributed by atoms with E-state index in [1.54, 1.807) is 0 Å². The number of anilines is 3. The van der Waals surface area contributed by atoms with Crippen LogP contribution in [0.3, 0.4) is 0 Å². The first-order valence-corrected chi connectivity index (χ1v) is 12.2. The van der Waals surface area contributed by atoms with Gasteiger partial charge in [0.1, 0.15) is 0 Å². The minimum absolute atomic E-state index is 0.782. The first kappa shape index (κ1) is 21.0. The van der Waals surface area contributed by atoms with E-state index >= 15 is 0 Å². The first-order valence-electron chi connectivity index (χ1n) is 11.0. The highest BCUT2D eigenvalue weighted by Gasteiger charge is 2.25. The SMILES string of the molecule is CCN1C(=CC=C2CCC=C2N(c2ccccc2)c2ccccc2)Sc2ccc(Cl)cc21. The third-order valence-electron chi connectivity index (χ3n) is 5.79. The van der Waals surface area contributed by atoms with E-state index in [-0.39, 0.29) is 0 Å². The Kier molecular flexibility index (Phi) is 6.11. The van der Waals surface area contributed by atoms with Crippen LogP contribution in [-0.2, 0) is 0 Å². The third-order valence-corrected chi connectivity index (χ3v) is 7.15. The van der Waals surface area contributed by atoms with Gasteiger partial charge in [0.05, 0.1) is 10.7 Å². The maximum absolute atomic E-state index is 6.26. The van der Waals surface area contributed by atoms with Gasteiger partial charge in [-0.25, -0.2) is 0 Å². The largest absolute Gasteiger partial charge is 0.335 e. The molecule has 5 rings (SSSR count). The molecule has 0 N–H and O–H groups in total. The molecule has 0 amide bonds. The maximum atomic E-state index is 6.26. The zero-order chi connectivity index (χ0) is 21.9. The summed E-state index contributed by atoms with van der Waals surface area (Å²) in [4.78, 5) is 5.97. The first-order chi connectivity index (χ1) is 15.7. The zero-order valence-corrected chi connectivity index (χ0v) is 19.6. The second-order valence-electron chi connectivity index (χ2n) is 7.79. The smallest absolute Gasteiger partial charge is 0.0801 e. The van der Waals surface area contributed by atoms with Gasteiger partial charge < -0.3 is 9.80 Å². The van der Waals surface area contributed by atoms with Crippen molar-refractivity contribution in [3.05, 3.63) is 118 Å². The minimum Gasteiger partial charge on any atom is -0.335 e. The van der Waals surface area contributed by atoms with E-state index < -0.39 is 0 Å². The van der Waals surface area contributed by atoms with E-state index in [4.69, 9.17) is 11.6 Å². The average molecular weight is 457 g/mol. The highest BCUT2D eigenvalue weighted by molar-refractivity contribution is 8.03. The van der Waals surface area contributed by atoms with E-state index in [1.165, 1.54) is 38.3 Å². The Labute approximate surface area is 199 Å². The quantitative estimate of drug-likeness (QED) is 0.379. The molecule has 32 heavy (non-hydrogen) atoms. The summed E-state index contributed by atoms with van der Waals surface area (Å²) in [6.45, 7) is 3.10. The van der Waals surface area contributed by atoms with Crippen molar-refractivity contribution in [1.29, 1.82) is 0 Å². The Morgan fingerprint density at radius 1 is 0.938 bits per heavy atom. The van der Waals surface area contributed by atoms with E-state index in [0.29, 0.717) is 0 Å². The fourth-order valence-corrected chi connectivity index (χ4v) is 5.58. The normalized spacial score (nSPS) is 17.7. The second kappa shape index (κ2) is 9.32. The molecule has 0 saturated carbocycles. The van der Waals surface area contributed by atoms with Crippen molar-refractivity contribution >= 4 is 40.4 Å². The van der Waals surface area contributed by atoms with Gasteiger partial charge in [0, 0.05) is 33.5 Å². The summed E-state index contributed by atoms with van der Waals surface area (Å²) < 4.78 is 0. The van der Waals surface area contributed by atoms with Crippen molar-refractivity contribution in [2.45, 2.75) is 24.7 Å². The van der Waals surface area contributed by atoms with Gasteiger partial charge in [-0.15, -0.1) is 0 Å². The molecule has 3 aromatic carbocycles. The second-order valence-corrected chi connectivity index (χ2v) is 9.29. The van der Waals surface area contributed by atoms with Crippen LogP contribution in [0.25, 0.3) is 0 Å². The molecule has 1 aliphatic carbocycles. The fourth-order valence-electron chi connectivity index (χ4n) is 4.30. The van der Waals surface area contributed by atoms with E-state index in [9.17, 15) is 0 Å². The molecular weight excluding hydrogens is 432 g/mol. The van der Waals surface area contributed by atoms with Gasteiger partial charge >= 0.3 is 0 Å². The Morgan fingerprint density at radius 3 is 2.28 bits per heavy atom. The van der Waals surface area contributed by atoms with Crippen molar-refractivity contribution in [2.75, 3.05) is 16.3 Å². The molecule has 0 spiro atoms. The highest BCUT2D eigenvalue weighted by atomic mass is 35.5. The van der Waals surface area contributed by atoms with Crippen molar-refractivity contribution < 1.29 is 0 Å². The number of hydrogen-bond acceptors (Lipinski definition) is 3. The molecule has 4 heteroatoms. The van der Waals surface area contributed by atoms with Crippen molar-refractivity contribution in [1.82, 2.24) is 0 Å². The summed E-state index contributed by atoms with van der Waals surface area (Å²) in [5, 5.41) is 2.03. The molecule has 2 nitrogen and oxygen atoms in total. The summed E-state index contributed by atoms with van der Waals surface area (Å²) >= 11 is 8.08. The number of fused-ring (bicyclic) bond motifs is 1. The molecule has 0 fully saturated rings. The van der Waals surface area contributed by atoms with Crippen molar-refractivity contribution in [3.63, 3.8) is 0 Å². The topological polar surface area (TPSA) is 6.48 Å². The number of allylic oxidation sites excluding steroid dienone is 4. The number of rotatable bonds is 5. The van der Waals surface area contributed by atoms with Gasteiger partial charge in [-0.05, 0) is 73.9 Å². The standard InChI is InChI=1S/C28H25ClN2S/c1-2-30-26-20-22(29)17-18-27(26)32-28(30)19-16-21-10-9-15-25(21)31(23-11-5-3-6-12-23)24-13-7-4-8-14-24/h3-8,11-20H,2,9-10H2,1H3. The highest BCUT2D eigenvalue weighted by Crippen LogP contribution is 2.47. The number of nitrogens with zero attached hydrogens (tertiary/aromatic N) is 2. The van der Waals surface area contributed by atoms with Crippen molar-refractivity contribution in [3.8, 4) is 0 Å². The number of hydrogen-bond donors (Lipinski definition) is 0. The van der Waals surface area contributed by atoms with E-state index in [0.717, 1.165) is 24.4 Å². The lowest BCUT2D eigenvalue weighted by Gasteiger charge is -2.27. The monoisotopic (exact) mass is 456 g/mol. The van der Waals surface area contributed by atoms with Crippen LogP contribution in [-0.4, -0.2) is 6.54 Å². The van der Waals surface area contributed by atoms with Crippen LogP contribution in [0.1, 0.15) is 19.8 Å². The molecule has 0 radical (unpaired) electrons. The lowest BCUT2D eigenvalue weighted by Crippen LogP contribution is -2.17. The van der Waals surface area contributed by atoms with Crippen LogP contribution in [0.4, 0.5) is 17.1 Å². The van der Waals surface area contributed by atoms with E-state index in [1.807, 2.05) is 17.8 Å². The number of halogens is 1. The molecule has 1 aliphatic heterocycles. The average Bonchev–Trinajstić information content (AvgIpc) is 3.43.